The highest BCUT2D eigenvalue weighted by Gasteiger charge is 2.31. The minimum absolute atomic E-state index is 0.117. The Morgan fingerprint density at radius 1 is 1.31 bits per heavy atom. The highest BCUT2D eigenvalue weighted by molar-refractivity contribution is 6.27. The number of aromatic amines is 1. The number of hydrogen-bond donors (Lipinski definition) is 4. The summed E-state index contributed by atoms with van der Waals surface area (Å²) in [6, 6.07) is 10.5. The fourth-order valence-electron chi connectivity index (χ4n) is 4.33. The van der Waals surface area contributed by atoms with Crippen molar-refractivity contribution in [2.45, 2.75) is 32.4 Å². The highest BCUT2D eigenvalue weighted by atomic mass is 35.5. The normalized spacial score (nSPS) is 13.6. The first-order valence-electron chi connectivity index (χ1n) is 11.6. The Labute approximate surface area is 208 Å². The van der Waals surface area contributed by atoms with Crippen LogP contribution in [0.25, 0.3) is 11.0 Å². The molecule has 2 amide bonds. The molecule has 1 aliphatic rings. The predicted molar refractivity (Wildman–Crippen MR) is 135 cm³/mol. The van der Waals surface area contributed by atoms with Gasteiger partial charge in [-0.3, -0.25) is 15.0 Å². The standard InChI is InChI=1S/C25H29ClN6O3/c1-3-32-14-15-7-4-8-16(21(15)25(32)34)24(33)30-18(10-6-12-28-20(27)13-26)23-29-17-9-5-11-19(35-2)22(17)31-23/h4-5,7-9,11,18H,3,6,10,12-14H2,1-2H3,(H2,27,28)(H,29,31)(H,30,33)/t18-/m0/s1. The molecule has 10 heteroatoms. The smallest absolute Gasteiger partial charge is 0.255 e. The van der Waals surface area contributed by atoms with E-state index in [4.69, 9.17) is 26.7 Å². The molecule has 1 atom stereocenters. The van der Waals surface area contributed by atoms with Crippen LogP contribution in [0.5, 0.6) is 5.75 Å². The van der Waals surface area contributed by atoms with E-state index in [9.17, 15) is 9.59 Å². The van der Waals surface area contributed by atoms with Crippen LogP contribution in [0.4, 0.5) is 0 Å². The van der Waals surface area contributed by atoms with Crippen LogP contribution in [-0.4, -0.2) is 58.6 Å². The summed E-state index contributed by atoms with van der Waals surface area (Å²) >= 11 is 5.68. The second kappa shape index (κ2) is 10.8. The molecular formula is C25H29ClN6O3. The lowest BCUT2D eigenvalue weighted by molar-refractivity contribution is 0.0780. The van der Waals surface area contributed by atoms with Crippen LogP contribution in [0.1, 0.15) is 57.9 Å². The predicted octanol–water partition coefficient (Wildman–Crippen LogP) is 3.60. The molecule has 0 bridgehead atoms. The number of amides is 2. The zero-order valence-corrected chi connectivity index (χ0v) is 20.5. The van der Waals surface area contributed by atoms with Gasteiger partial charge in [-0.2, -0.15) is 0 Å². The lowest BCUT2D eigenvalue weighted by Gasteiger charge is -2.18. The first-order chi connectivity index (χ1) is 17.0. The number of fused-ring (bicyclic) bond motifs is 2. The summed E-state index contributed by atoms with van der Waals surface area (Å²) in [4.78, 5) is 36.1. The molecule has 0 aliphatic carbocycles. The van der Waals surface area contributed by atoms with Gasteiger partial charge >= 0.3 is 0 Å². The van der Waals surface area contributed by atoms with E-state index in [0.29, 0.717) is 60.7 Å². The van der Waals surface area contributed by atoms with Gasteiger partial charge in [0.05, 0.1) is 35.7 Å². The number of aromatic nitrogens is 2. The third-order valence-electron chi connectivity index (χ3n) is 6.13. The fraction of sp³-hybridized carbons (Fsp3) is 0.360. The van der Waals surface area contributed by atoms with Crippen LogP contribution in [-0.2, 0) is 6.54 Å². The van der Waals surface area contributed by atoms with Crippen molar-refractivity contribution in [1.82, 2.24) is 25.5 Å². The molecule has 184 valence electrons. The number of methoxy groups -OCH3 is 1. The van der Waals surface area contributed by atoms with Crippen LogP contribution in [0.15, 0.2) is 36.4 Å². The van der Waals surface area contributed by atoms with Crippen molar-refractivity contribution in [3.8, 4) is 5.75 Å². The molecule has 0 spiro atoms. The Morgan fingerprint density at radius 2 is 2.11 bits per heavy atom. The van der Waals surface area contributed by atoms with Crippen molar-refractivity contribution in [2.24, 2.45) is 0 Å². The molecule has 2 aromatic carbocycles. The van der Waals surface area contributed by atoms with E-state index in [1.807, 2.05) is 37.3 Å². The summed E-state index contributed by atoms with van der Waals surface area (Å²) in [6.45, 7) is 3.55. The molecule has 1 aromatic heterocycles. The second-order valence-electron chi connectivity index (χ2n) is 8.34. The van der Waals surface area contributed by atoms with Crippen LogP contribution >= 0.6 is 11.6 Å². The number of rotatable bonds is 10. The van der Waals surface area contributed by atoms with Gasteiger partial charge in [-0.25, -0.2) is 4.98 Å². The van der Waals surface area contributed by atoms with Gasteiger partial charge in [0.15, 0.2) is 0 Å². The van der Waals surface area contributed by atoms with E-state index in [2.05, 4.69) is 15.6 Å². The van der Waals surface area contributed by atoms with Gasteiger partial charge in [-0.15, -0.1) is 11.6 Å². The largest absolute Gasteiger partial charge is 0.494 e. The van der Waals surface area contributed by atoms with Gasteiger partial charge in [0.1, 0.15) is 22.9 Å². The fourth-order valence-corrected chi connectivity index (χ4v) is 4.42. The molecule has 2 heterocycles. The maximum absolute atomic E-state index is 13.4. The van der Waals surface area contributed by atoms with Gasteiger partial charge in [0.25, 0.3) is 11.8 Å². The molecule has 35 heavy (non-hydrogen) atoms. The highest BCUT2D eigenvalue weighted by Crippen LogP contribution is 2.29. The Bertz CT molecular complexity index is 1260. The van der Waals surface area contributed by atoms with Crippen LogP contribution in [0.3, 0.4) is 0 Å². The number of alkyl halides is 1. The maximum Gasteiger partial charge on any atom is 0.255 e. The number of amidine groups is 1. The zero-order valence-electron chi connectivity index (χ0n) is 19.8. The van der Waals surface area contributed by atoms with Crippen molar-refractivity contribution in [1.29, 1.82) is 5.41 Å². The minimum atomic E-state index is -0.443. The van der Waals surface area contributed by atoms with Crippen LogP contribution in [0, 0.1) is 5.41 Å². The molecule has 3 aromatic rings. The van der Waals surface area contributed by atoms with E-state index < -0.39 is 6.04 Å². The van der Waals surface area contributed by atoms with Gasteiger partial charge in [-0.05, 0) is 43.5 Å². The van der Waals surface area contributed by atoms with Crippen LogP contribution in [0.2, 0.25) is 0 Å². The van der Waals surface area contributed by atoms with E-state index in [1.165, 1.54) is 0 Å². The molecule has 0 radical (unpaired) electrons. The Hall–Kier alpha value is -3.59. The number of benzene rings is 2. The average molecular weight is 497 g/mol. The number of ether oxygens (including phenoxy) is 1. The SMILES string of the molecule is CCN1Cc2cccc(C(=O)N[C@@H](CCCNC(=N)CCl)c3nc4c(OC)cccc4[nH]3)c2C1=O. The summed E-state index contributed by atoms with van der Waals surface area (Å²) in [5, 5.41) is 13.7. The van der Waals surface area contributed by atoms with E-state index in [-0.39, 0.29) is 23.5 Å². The first-order valence-corrected chi connectivity index (χ1v) is 12.1. The van der Waals surface area contributed by atoms with Gasteiger partial charge in [0.2, 0.25) is 0 Å². The Morgan fingerprint density at radius 3 is 2.86 bits per heavy atom. The number of carbonyl (C=O) groups excluding carboxylic acids is 2. The second-order valence-corrected chi connectivity index (χ2v) is 8.61. The molecule has 1 aliphatic heterocycles. The monoisotopic (exact) mass is 496 g/mol. The van der Waals surface area contributed by atoms with Crippen molar-refractivity contribution in [2.75, 3.05) is 26.1 Å². The number of imidazole rings is 1. The molecule has 0 fully saturated rings. The summed E-state index contributed by atoms with van der Waals surface area (Å²) in [6.07, 6.45) is 1.22. The van der Waals surface area contributed by atoms with Crippen molar-refractivity contribution < 1.29 is 14.3 Å². The van der Waals surface area contributed by atoms with Crippen molar-refractivity contribution in [3.05, 3.63) is 58.9 Å². The van der Waals surface area contributed by atoms with E-state index >= 15 is 0 Å². The maximum atomic E-state index is 13.4. The zero-order chi connectivity index (χ0) is 24.9. The number of H-pyrrole nitrogens is 1. The topological polar surface area (TPSA) is 123 Å². The summed E-state index contributed by atoms with van der Waals surface area (Å²) in [7, 11) is 1.59. The molecular weight excluding hydrogens is 468 g/mol. The summed E-state index contributed by atoms with van der Waals surface area (Å²) in [5.74, 6) is 1.15. The van der Waals surface area contributed by atoms with Gasteiger partial charge < -0.3 is 25.3 Å². The van der Waals surface area contributed by atoms with E-state index in [1.54, 1.807) is 18.1 Å². The number of carbonyl (C=O) groups is 2. The molecule has 4 N–H and O–H groups in total. The number of halogens is 1. The van der Waals surface area contributed by atoms with Gasteiger partial charge in [0, 0.05) is 19.6 Å². The molecule has 9 nitrogen and oxygen atoms in total. The average Bonchev–Trinajstić information content (AvgIpc) is 3.46. The van der Waals surface area contributed by atoms with Gasteiger partial charge in [-0.1, -0.05) is 18.2 Å². The number of para-hydroxylation sites is 1. The Balaban J connectivity index is 1.60. The molecule has 0 unspecified atom stereocenters. The quantitative estimate of drug-likeness (QED) is 0.148. The Kier molecular flexibility index (Phi) is 7.55. The van der Waals surface area contributed by atoms with Crippen LogP contribution < -0.4 is 15.4 Å². The minimum Gasteiger partial charge on any atom is -0.494 e. The number of nitrogens with one attached hydrogen (secondary N) is 4. The summed E-state index contributed by atoms with van der Waals surface area (Å²) in [5.41, 5.74) is 3.17. The van der Waals surface area contributed by atoms with E-state index in [0.717, 1.165) is 11.1 Å². The third-order valence-corrected chi connectivity index (χ3v) is 6.40. The van der Waals surface area contributed by atoms with Crippen molar-refractivity contribution >= 4 is 40.3 Å². The first kappa shape index (κ1) is 24.5. The number of nitrogens with zero attached hydrogens (tertiary/aromatic N) is 2. The third kappa shape index (κ3) is 5.09. The van der Waals surface area contributed by atoms with Crippen molar-refractivity contribution in [3.63, 3.8) is 0 Å². The lowest BCUT2D eigenvalue weighted by Crippen LogP contribution is -2.32. The molecule has 0 saturated heterocycles. The summed E-state index contributed by atoms with van der Waals surface area (Å²) < 4.78 is 5.43. The lowest BCUT2D eigenvalue weighted by atomic mass is 10.0. The molecule has 4 rings (SSSR count). The number of hydrogen-bond acceptors (Lipinski definition) is 5. The molecule has 0 saturated carbocycles.